The van der Waals surface area contributed by atoms with Crippen LogP contribution in [0, 0.1) is 5.41 Å². The van der Waals surface area contributed by atoms with Gasteiger partial charge in [-0.15, -0.1) is 0 Å². The van der Waals surface area contributed by atoms with Gasteiger partial charge in [0.15, 0.2) is 0 Å². The summed E-state index contributed by atoms with van der Waals surface area (Å²) in [5.74, 6) is 0. The number of ether oxygens (including phenoxy) is 1. The zero-order valence-corrected chi connectivity index (χ0v) is 5.89. The van der Waals surface area contributed by atoms with Crippen molar-refractivity contribution in [3.8, 4) is 0 Å². The molecule has 0 aromatic carbocycles. The first kappa shape index (κ1) is 7.03. The Morgan fingerprint density at radius 1 is 1.67 bits per heavy atom. The molecule has 0 radical (unpaired) electrons. The van der Waals surface area contributed by atoms with Gasteiger partial charge in [0.2, 0.25) is 0 Å². The molecule has 1 aliphatic rings. The Labute approximate surface area is 55.8 Å². The predicted octanol–water partition coefficient (Wildman–Crippen LogP) is 0.795. The Kier molecular flexibility index (Phi) is 2.09. The highest BCUT2D eigenvalue weighted by Crippen LogP contribution is 2.26. The Hall–Kier alpha value is -0.0800. The van der Waals surface area contributed by atoms with Gasteiger partial charge < -0.3 is 9.84 Å². The summed E-state index contributed by atoms with van der Waals surface area (Å²) in [6.07, 6.45) is 2.20. The number of aliphatic hydroxyl groups excluding tert-OH is 1. The molecule has 0 aromatic heterocycles. The molecule has 1 rings (SSSR count). The molecule has 0 amide bonds. The topological polar surface area (TPSA) is 29.5 Å². The van der Waals surface area contributed by atoms with Crippen molar-refractivity contribution < 1.29 is 9.84 Å². The van der Waals surface area contributed by atoms with E-state index in [0.717, 1.165) is 26.1 Å². The second-order valence-electron chi connectivity index (χ2n) is 3.12. The van der Waals surface area contributed by atoms with Gasteiger partial charge in [-0.3, -0.25) is 0 Å². The smallest absolute Gasteiger partial charge is 0.0541 e. The van der Waals surface area contributed by atoms with Crippen LogP contribution in [0.1, 0.15) is 19.8 Å². The normalized spacial score (nSPS) is 36.7. The highest BCUT2D eigenvalue weighted by molar-refractivity contribution is 4.75. The van der Waals surface area contributed by atoms with Crippen LogP contribution in [0.2, 0.25) is 0 Å². The van der Waals surface area contributed by atoms with Crippen molar-refractivity contribution in [1.82, 2.24) is 0 Å². The standard InChI is InChI=1S/C7H14O2/c1-7(5-8)3-2-4-9-6-7/h8H,2-6H2,1H3/t7-/m0/s1. The van der Waals surface area contributed by atoms with Gasteiger partial charge in [-0.1, -0.05) is 6.92 Å². The highest BCUT2D eigenvalue weighted by atomic mass is 16.5. The zero-order valence-electron chi connectivity index (χ0n) is 5.89. The maximum atomic E-state index is 8.87. The van der Waals surface area contributed by atoms with E-state index >= 15 is 0 Å². The van der Waals surface area contributed by atoms with Crippen LogP contribution in [-0.2, 0) is 4.74 Å². The molecular formula is C7H14O2. The second-order valence-corrected chi connectivity index (χ2v) is 3.12. The molecule has 0 saturated carbocycles. The van der Waals surface area contributed by atoms with E-state index < -0.39 is 0 Å². The average Bonchev–Trinajstić information content (AvgIpc) is 1.90. The van der Waals surface area contributed by atoms with Crippen LogP contribution in [0.5, 0.6) is 0 Å². The van der Waals surface area contributed by atoms with Crippen LogP contribution in [0.4, 0.5) is 0 Å². The third-order valence-corrected chi connectivity index (χ3v) is 1.90. The first-order valence-electron chi connectivity index (χ1n) is 3.45. The van der Waals surface area contributed by atoms with Gasteiger partial charge in [-0.05, 0) is 12.8 Å². The Morgan fingerprint density at radius 3 is 2.78 bits per heavy atom. The molecule has 54 valence electrons. The Bertz CT molecular complexity index is 84.9. The van der Waals surface area contributed by atoms with E-state index in [9.17, 15) is 0 Å². The lowest BCUT2D eigenvalue weighted by atomic mass is 9.86. The minimum atomic E-state index is 0.0538. The number of aliphatic hydroxyl groups is 1. The molecule has 0 aliphatic carbocycles. The van der Waals surface area contributed by atoms with E-state index in [1.54, 1.807) is 0 Å². The van der Waals surface area contributed by atoms with E-state index in [1.165, 1.54) is 0 Å². The molecule has 1 aliphatic heterocycles. The first-order valence-corrected chi connectivity index (χ1v) is 3.45. The van der Waals surface area contributed by atoms with Gasteiger partial charge in [-0.2, -0.15) is 0 Å². The molecule has 2 heteroatoms. The largest absolute Gasteiger partial charge is 0.396 e. The van der Waals surface area contributed by atoms with Gasteiger partial charge in [0.1, 0.15) is 0 Å². The quantitative estimate of drug-likeness (QED) is 0.568. The fourth-order valence-electron chi connectivity index (χ4n) is 1.12. The van der Waals surface area contributed by atoms with E-state index in [2.05, 4.69) is 6.92 Å². The van der Waals surface area contributed by atoms with Crippen molar-refractivity contribution >= 4 is 0 Å². The number of hydrogen-bond acceptors (Lipinski definition) is 2. The molecule has 0 spiro atoms. The predicted molar refractivity (Wildman–Crippen MR) is 35.2 cm³/mol. The minimum Gasteiger partial charge on any atom is -0.396 e. The summed E-state index contributed by atoms with van der Waals surface area (Å²) in [7, 11) is 0. The third-order valence-electron chi connectivity index (χ3n) is 1.90. The molecular weight excluding hydrogens is 116 g/mol. The summed E-state index contributed by atoms with van der Waals surface area (Å²) in [5, 5.41) is 8.87. The third kappa shape index (κ3) is 1.66. The highest BCUT2D eigenvalue weighted by Gasteiger charge is 2.26. The summed E-state index contributed by atoms with van der Waals surface area (Å²) in [5.41, 5.74) is 0.0538. The van der Waals surface area contributed by atoms with Gasteiger partial charge >= 0.3 is 0 Å². The minimum absolute atomic E-state index is 0.0538. The Balaban J connectivity index is 2.37. The van der Waals surface area contributed by atoms with Crippen molar-refractivity contribution in [2.24, 2.45) is 5.41 Å². The van der Waals surface area contributed by atoms with Gasteiger partial charge in [0.05, 0.1) is 13.2 Å². The molecule has 2 nitrogen and oxygen atoms in total. The van der Waals surface area contributed by atoms with Crippen molar-refractivity contribution in [3.63, 3.8) is 0 Å². The average molecular weight is 130 g/mol. The maximum absolute atomic E-state index is 8.87. The SMILES string of the molecule is C[C@@]1(CO)CCCOC1. The molecule has 1 atom stereocenters. The summed E-state index contributed by atoms with van der Waals surface area (Å²) in [6.45, 7) is 3.91. The van der Waals surface area contributed by atoms with E-state index in [4.69, 9.17) is 9.84 Å². The fourth-order valence-corrected chi connectivity index (χ4v) is 1.12. The van der Waals surface area contributed by atoms with Gasteiger partial charge in [0.25, 0.3) is 0 Å². The van der Waals surface area contributed by atoms with Crippen molar-refractivity contribution in [1.29, 1.82) is 0 Å². The maximum Gasteiger partial charge on any atom is 0.0541 e. The van der Waals surface area contributed by atoms with E-state index in [1.807, 2.05) is 0 Å². The van der Waals surface area contributed by atoms with Crippen LogP contribution >= 0.6 is 0 Å². The number of hydrogen-bond donors (Lipinski definition) is 1. The zero-order chi connectivity index (χ0) is 6.74. The van der Waals surface area contributed by atoms with Gasteiger partial charge in [-0.25, -0.2) is 0 Å². The van der Waals surface area contributed by atoms with Crippen LogP contribution in [-0.4, -0.2) is 24.9 Å². The molecule has 0 aromatic rings. The summed E-state index contributed by atoms with van der Waals surface area (Å²) < 4.78 is 5.22. The summed E-state index contributed by atoms with van der Waals surface area (Å²) >= 11 is 0. The van der Waals surface area contributed by atoms with E-state index in [-0.39, 0.29) is 12.0 Å². The molecule has 0 unspecified atom stereocenters. The Morgan fingerprint density at radius 2 is 2.44 bits per heavy atom. The summed E-state index contributed by atoms with van der Waals surface area (Å²) in [6, 6.07) is 0. The lowest BCUT2D eigenvalue weighted by Crippen LogP contribution is -2.31. The molecule has 1 N–H and O–H groups in total. The van der Waals surface area contributed by atoms with Crippen molar-refractivity contribution in [2.75, 3.05) is 19.8 Å². The van der Waals surface area contributed by atoms with Gasteiger partial charge in [0, 0.05) is 12.0 Å². The van der Waals surface area contributed by atoms with Crippen LogP contribution < -0.4 is 0 Å². The first-order chi connectivity index (χ1) is 4.27. The van der Waals surface area contributed by atoms with Crippen molar-refractivity contribution in [3.05, 3.63) is 0 Å². The van der Waals surface area contributed by atoms with Crippen LogP contribution in [0.15, 0.2) is 0 Å². The second kappa shape index (κ2) is 2.67. The molecule has 1 saturated heterocycles. The molecule has 0 bridgehead atoms. The molecule has 9 heavy (non-hydrogen) atoms. The number of rotatable bonds is 1. The van der Waals surface area contributed by atoms with E-state index in [0.29, 0.717) is 0 Å². The lowest BCUT2D eigenvalue weighted by molar-refractivity contribution is -0.0271. The summed E-state index contributed by atoms with van der Waals surface area (Å²) in [4.78, 5) is 0. The molecule has 1 fully saturated rings. The lowest BCUT2D eigenvalue weighted by Gasteiger charge is -2.30. The monoisotopic (exact) mass is 130 g/mol. The molecule has 1 heterocycles. The van der Waals surface area contributed by atoms with Crippen molar-refractivity contribution in [2.45, 2.75) is 19.8 Å². The van der Waals surface area contributed by atoms with Crippen LogP contribution in [0.25, 0.3) is 0 Å². The van der Waals surface area contributed by atoms with Crippen LogP contribution in [0.3, 0.4) is 0 Å². The fraction of sp³-hybridized carbons (Fsp3) is 1.00.